The Kier molecular flexibility index (Phi) is 15.8. The van der Waals surface area contributed by atoms with E-state index in [1.165, 1.54) is 49.7 Å². The largest absolute Gasteiger partial charge is 0.423 e. The zero-order chi connectivity index (χ0) is 31.6. The number of benzene rings is 3. The van der Waals surface area contributed by atoms with Gasteiger partial charge in [-0.2, -0.15) is 0 Å². The Morgan fingerprint density at radius 3 is 1.20 bits per heavy atom. The smallest absolute Gasteiger partial charge is 0.343 e. The number of ether oxygens (including phenoxy) is 2. The lowest BCUT2D eigenvalue weighted by molar-refractivity contribution is 0.0719. The van der Waals surface area contributed by atoms with E-state index >= 15 is 0 Å². The van der Waals surface area contributed by atoms with Crippen LogP contribution in [0.4, 0.5) is 0 Å². The average molecular weight is 599 g/mol. The lowest BCUT2D eigenvalue weighted by Gasteiger charge is -2.13. The van der Waals surface area contributed by atoms with Crippen LogP contribution in [0.1, 0.15) is 148 Å². The van der Waals surface area contributed by atoms with Gasteiger partial charge in [0.25, 0.3) is 0 Å². The fraction of sp³-hybridized carbons (Fsp3) is 0.500. The first-order valence-corrected chi connectivity index (χ1v) is 17.3. The second-order valence-electron chi connectivity index (χ2n) is 12.1. The molecule has 0 heterocycles. The van der Waals surface area contributed by atoms with Crippen molar-refractivity contribution in [2.24, 2.45) is 0 Å². The van der Waals surface area contributed by atoms with Crippen LogP contribution in [0.3, 0.4) is 0 Å². The van der Waals surface area contributed by atoms with Gasteiger partial charge in [-0.25, -0.2) is 9.59 Å². The zero-order valence-electron chi connectivity index (χ0n) is 27.7. The quantitative estimate of drug-likeness (QED) is 0.0737. The van der Waals surface area contributed by atoms with Gasteiger partial charge >= 0.3 is 11.9 Å². The van der Waals surface area contributed by atoms with Gasteiger partial charge in [0, 0.05) is 0 Å². The molecule has 0 bridgehead atoms. The van der Waals surface area contributed by atoms with E-state index in [9.17, 15) is 9.59 Å². The predicted octanol–water partition coefficient (Wildman–Crippen LogP) is 11.1. The van der Waals surface area contributed by atoms with E-state index in [1.54, 1.807) is 24.3 Å². The lowest BCUT2D eigenvalue weighted by atomic mass is 10.00. The maximum absolute atomic E-state index is 13.1. The Labute approximate surface area is 266 Å². The van der Waals surface area contributed by atoms with Crippen molar-refractivity contribution >= 4 is 11.9 Å². The van der Waals surface area contributed by atoms with Crippen molar-refractivity contribution in [3.05, 3.63) is 94.0 Å². The predicted molar refractivity (Wildman–Crippen MR) is 182 cm³/mol. The van der Waals surface area contributed by atoms with E-state index in [4.69, 9.17) is 9.47 Å². The number of hydrogen-bond acceptors (Lipinski definition) is 4. The van der Waals surface area contributed by atoms with E-state index in [2.05, 4.69) is 52.0 Å². The topological polar surface area (TPSA) is 52.6 Å². The van der Waals surface area contributed by atoms with E-state index in [0.29, 0.717) is 22.6 Å². The third-order valence-electron chi connectivity index (χ3n) is 8.25. The molecule has 44 heavy (non-hydrogen) atoms. The number of carbonyl (C=O) groups is 2. The fourth-order valence-corrected chi connectivity index (χ4v) is 5.47. The lowest BCUT2D eigenvalue weighted by Crippen LogP contribution is -2.13. The summed E-state index contributed by atoms with van der Waals surface area (Å²) in [5.74, 6) is 0.421. The Balaban J connectivity index is 1.69. The highest BCUT2D eigenvalue weighted by atomic mass is 16.5. The van der Waals surface area contributed by atoms with Crippen LogP contribution in [0.5, 0.6) is 11.5 Å². The van der Waals surface area contributed by atoms with Crippen molar-refractivity contribution in [3.63, 3.8) is 0 Å². The molecule has 0 N–H and O–H groups in total. The van der Waals surface area contributed by atoms with E-state index < -0.39 is 11.9 Å². The van der Waals surface area contributed by atoms with Gasteiger partial charge in [-0.1, -0.05) is 103 Å². The molecular weight excluding hydrogens is 544 g/mol. The molecule has 0 aliphatic rings. The molecule has 238 valence electrons. The van der Waals surface area contributed by atoms with Crippen molar-refractivity contribution in [2.45, 2.75) is 130 Å². The minimum absolute atomic E-state index is 0.408. The van der Waals surface area contributed by atoms with Gasteiger partial charge < -0.3 is 9.47 Å². The molecule has 3 aromatic carbocycles. The molecule has 0 amide bonds. The summed E-state index contributed by atoms with van der Waals surface area (Å²) in [5.41, 5.74) is 5.58. The molecule has 3 aromatic rings. The van der Waals surface area contributed by atoms with Gasteiger partial charge in [-0.15, -0.1) is 0 Å². The molecule has 3 rings (SSSR count). The second kappa shape index (κ2) is 19.8. The average Bonchev–Trinajstić information content (AvgIpc) is 3.04. The van der Waals surface area contributed by atoms with Crippen LogP contribution in [0.2, 0.25) is 0 Å². The maximum Gasteiger partial charge on any atom is 0.343 e. The molecule has 0 aliphatic heterocycles. The zero-order valence-corrected chi connectivity index (χ0v) is 27.7. The van der Waals surface area contributed by atoms with Gasteiger partial charge in [0.1, 0.15) is 11.5 Å². The van der Waals surface area contributed by atoms with Crippen molar-refractivity contribution in [1.29, 1.82) is 0 Å². The molecule has 4 heteroatoms. The van der Waals surface area contributed by atoms with Crippen LogP contribution in [0.25, 0.3) is 0 Å². The third-order valence-corrected chi connectivity index (χ3v) is 8.25. The maximum atomic E-state index is 13.1. The Morgan fingerprint density at radius 1 is 0.455 bits per heavy atom. The second-order valence-corrected chi connectivity index (χ2v) is 12.1. The van der Waals surface area contributed by atoms with Crippen LogP contribution in [0.15, 0.2) is 60.7 Å². The Hall–Kier alpha value is -3.40. The number of aryl methyl sites for hydroxylation is 4. The van der Waals surface area contributed by atoms with Crippen LogP contribution in [-0.2, 0) is 25.7 Å². The van der Waals surface area contributed by atoms with E-state index in [0.717, 1.165) is 75.3 Å². The SMILES string of the molecule is CCCCCCc1cc(CCCC)ccc1OC(=O)c1ccc(C(=O)Oc2ccc(CCCC)cc2CCCCCC)cc1. The molecule has 0 aliphatic carbocycles. The van der Waals surface area contributed by atoms with Crippen LogP contribution in [-0.4, -0.2) is 11.9 Å². The van der Waals surface area contributed by atoms with Crippen molar-refractivity contribution in [3.8, 4) is 11.5 Å². The first kappa shape index (κ1) is 35.1. The highest BCUT2D eigenvalue weighted by Crippen LogP contribution is 2.27. The summed E-state index contributed by atoms with van der Waals surface area (Å²) in [4.78, 5) is 26.3. The van der Waals surface area contributed by atoms with E-state index in [-0.39, 0.29) is 0 Å². The molecule has 4 nitrogen and oxygen atoms in total. The Bertz CT molecular complexity index is 1190. The van der Waals surface area contributed by atoms with Crippen molar-refractivity contribution in [1.82, 2.24) is 0 Å². The van der Waals surface area contributed by atoms with Crippen LogP contribution >= 0.6 is 0 Å². The normalized spacial score (nSPS) is 11.0. The van der Waals surface area contributed by atoms with Gasteiger partial charge in [0.2, 0.25) is 0 Å². The standard InChI is InChI=1S/C40H54O4/c1-5-9-13-15-19-35-29-31(17-11-7-3)21-27-37(35)43-39(41)33-23-25-34(26-24-33)40(42)44-38-28-22-32(18-12-8-4)30-36(38)20-16-14-10-6-2/h21-30H,5-20H2,1-4H3. The highest BCUT2D eigenvalue weighted by Gasteiger charge is 2.16. The van der Waals surface area contributed by atoms with Crippen LogP contribution in [0, 0.1) is 0 Å². The summed E-state index contributed by atoms with van der Waals surface area (Å²) in [7, 11) is 0. The number of esters is 2. The summed E-state index contributed by atoms with van der Waals surface area (Å²) >= 11 is 0. The molecule has 0 aromatic heterocycles. The molecular formula is C40H54O4. The summed E-state index contributed by atoms with van der Waals surface area (Å²) in [5, 5.41) is 0. The highest BCUT2D eigenvalue weighted by molar-refractivity contribution is 5.95. The minimum atomic E-state index is -0.418. The molecule has 0 radical (unpaired) electrons. The summed E-state index contributed by atoms with van der Waals surface area (Å²) in [6, 6.07) is 19.0. The number of rotatable bonds is 20. The molecule has 0 atom stereocenters. The molecule has 0 unspecified atom stereocenters. The summed E-state index contributed by atoms with van der Waals surface area (Å²) in [6.45, 7) is 8.82. The number of carbonyl (C=O) groups excluding carboxylic acids is 2. The summed E-state index contributed by atoms with van der Waals surface area (Å²) in [6.07, 6.45) is 17.8. The monoisotopic (exact) mass is 598 g/mol. The first-order valence-electron chi connectivity index (χ1n) is 17.3. The van der Waals surface area contributed by atoms with Crippen molar-refractivity contribution in [2.75, 3.05) is 0 Å². The van der Waals surface area contributed by atoms with Crippen molar-refractivity contribution < 1.29 is 19.1 Å². The molecule has 0 fully saturated rings. The van der Waals surface area contributed by atoms with Gasteiger partial charge in [0.15, 0.2) is 0 Å². The van der Waals surface area contributed by atoms with E-state index in [1.807, 2.05) is 12.1 Å². The molecule has 0 spiro atoms. The van der Waals surface area contributed by atoms with Gasteiger partial charge in [-0.05, 0) is 110 Å². The fourth-order valence-electron chi connectivity index (χ4n) is 5.47. The van der Waals surface area contributed by atoms with Crippen LogP contribution < -0.4 is 9.47 Å². The Morgan fingerprint density at radius 2 is 0.841 bits per heavy atom. The number of hydrogen-bond donors (Lipinski definition) is 0. The molecule has 0 saturated heterocycles. The van der Waals surface area contributed by atoms with Gasteiger partial charge in [-0.3, -0.25) is 0 Å². The number of unbranched alkanes of at least 4 members (excludes halogenated alkanes) is 8. The minimum Gasteiger partial charge on any atom is -0.423 e. The third kappa shape index (κ3) is 11.6. The summed E-state index contributed by atoms with van der Waals surface area (Å²) < 4.78 is 11.8. The molecule has 0 saturated carbocycles. The van der Waals surface area contributed by atoms with Gasteiger partial charge in [0.05, 0.1) is 11.1 Å². The first-order chi connectivity index (χ1) is 21.5.